The average molecular weight is 548 g/mol. The number of carbonyl (C=O) groups excluding carboxylic acids is 3. The molecule has 196 valence electrons. The molecule has 0 fully saturated rings. The van der Waals surface area contributed by atoms with Crippen molar-refractivity contribution >= 4 is 41.1 Å². The van der Waals surface area contributed by atoms with Gasteiger partial charge in [0.1, 0.15) is 0 Å². The van der Waals surface area contributed by atoms with Crippen LogP contribution in [0.4, 0.5) is 0 Å². The van der Waals surface area contributed by atoms with E-state index in [4.69, 9.17) is 37.4 Å². The van der Waals surface area contributed by atoms with Crippen LogP contribution in [-0.2, 0) is 41.6 Å². The fourth-order valence-electron chi connectivity index (χ4n) is 4.36. The lowest BCUT2D eigenvalue weighted by Gasteiger charge is -2.33. The van der Waals surface area contributed by atoms with Gasteiger partial charge in [-0.3, -0.25) is 4.79 Å². The number of esters is 3. The Morgan fingerprint density at radius 2 is 1.38 bits per heavy atom. The Morgan fingerprint density at radius 1 is 0.811 bits per heavy atom. The van der Waals surface area contributed by atoms with E-state index >= 15 is 0 Å². The summed E-state index contributed by atoms with van der Waals surface area (Å²) in [6, 6.07) is 12.2. The minimum atomic E-state index is -1.09. The molecule has 3 rings (SSSR count). The molecule has 10 heteroatoms. The van der Waals surface area contributed by atoms with Gasteiger partial charge in [0, 0.05) is 27.0 Å². The van der Waals surface area contributed by atoms with Gasteiger partial charge in [0.05, 0.1) is 51.4 Å². The second-order valence-electron chi connectivity index (χ2n) is 8.14. The van der Waals surface area contributed by atoms with Crippen LogP contribution >= 0.6 is 23.2 Å². The summed E-state index contributed by atoms with van der Waals surface area (Å²) in [6.07, 6.45) is 0.408. The summed E-state index contributed by atoms with van der Waals surface area (Å²) >= 11 is 13.1. The van der Waals surface area contributed by atoms with Gasteiger partial charge in [-0.1, -0.05) is 53.5 Å². The van der Waals surface area contributed by atoms with Gasteiger partial charge in [-0.15, -0.1) is 0 Å². The second kappa shape index (κ2) is 12.8. The number of hydrogen-bond donors (Lipinski definition) is 2. The molecular weight excluding hydrogens is 521 g/mol. The molecule has 0 saturated heterocycles. The molecule has 0 saturated carbocycles. The van der Waals surface area contributed by atoms with Crippen molar-refractivity contribution in [1.29, 1.82) is 0 Å². The van der Waals surface area contributed by atoms with E-state index in [2.05, 4.69) is 5.32 Å². The minimum absolute atomic E-state index is 0.0113. The first-order valence-electron chi connectivity index (χ1n) is 11.3. The number of ether oxygens (including phenoxy) is 3. The molecule has 1 heterocycles. The van der Waals surface area contributed by atoms with E-state index in [9.17, 15) is 19.5 Å². The summed E-state index contributed by atoms with van der Waals surface area (Å²) < 4.78 is 15.0. The molecule has 37 heavy (non-hydrogen) atoms. The Labute approximate surface area is 224 Å². The number of hydrogen-bond acceptors (Lipinski definition) is 8. The quantitative estimate of drug-likeness (QED) is 0.354. The van der Waals surface area contributed by atoms with E-state index in [0.29, 0.717) is 17.7 Å². The first-order valence-corrected chi connectivity index (χ1v) is 12.1. The van der Waals surface area contributed by atoms with Crippen molar-refractivity contribution in [3.8, 4) is 0 Å². The summed E-state index contributed by atoms with van der Waals surface area (Å²) in [5.74, 6) is -3.19. The van der Waals surface area contributed by atoms with Gasteiger partial charge in [0.2, 0.25) is 0 Å². The third kappa shape index (κ3) is 6.15. The van der Waals surface area contributed by atoms with E-state index < -0.39 is 23.8 Å². The number of aliphatic hydroxyl groups is 1. The van der Waals surface area contributed by atoms with Crippen molar-refractivity contribution in [3.63, 3.8) is 0 Å². The van der Waals surface area contributed by atoms with Crippen molar-refractivity contribution in [3.05, 3.63) is 91.7 Å². The molecule has 2 N–H and O–H groups in total. The highest BCUT2D eigenvalue weighted by Gasteiger charge is 2.41. The topological polar surface area (TPSA) is 111 Å². The van der Waals surface area contributed by atoms with Crippen LogP contribution in [0.3, 0.4) is 0 Å². The van der Waals surface area contributed by atoms with Crippen molar-refractivity contribution < 1.29 is 33.7 Å². The van der Waals surface area contributed by atoms with Gasteiger partial charge < -0.3 is 24.6 Å². The van der Waals surface area contributed by atoms with E-state index in [0.717, 1.165) is 11.1 Å². The third-order valence-electron chi connectivity index (χ3n) is 6.11. The van der Waals surface area contributed by atoms with E-state index in [1.807, 2.05) is 24.3 Å². The average Bonchev–Trinajstić information content (AvgIpc) is 2.90. The smallest absolute Gasteiger partial charge is 0.336 e. The van der Waals surface area contributed by atoms with Gasteiger partial charge in [0.25, 0.3) is 0 Å². The molecule has 1 aliphatic heterocycles. The van der Waals surface area contributed by atoms with Crippen LogP contribution in [0.25, 0.3) is 0 Å². The third-order valence-corrected chi connectivity index (χ3v) is 6.77. The van der Waals surface area contributed by atoms with Gasteiger partial charge in [0.15, 0.2) is 0 Å². The first kappa shape index (κ1) is 28.2. The Morgan fingerprint density at radius 3 is 1.92 bits per heavy atom. The van der Waals surface area contributed by atoms with Crippen LogP contribution in [-0.4, -0.2) is 44.3 Å². The van der Waals surface area contributed by atoms with Gasteiger partial charge >= 0.3 is 17.9 Å². The molecular formula is C27H27Cl2NO7. The van der Waals surface area contributed by atoms with E-state index in [1.165, 1.54) is 21.3 Å². The fourth-order valence-corrected chi connectivity index (χ4v) is 4.97. The highest BCUT2D eigenvalue weighted by Crippen LogP contribution is 2.45. The number of halogens is 2. The zero-order chi connectivity index (χ0) is 27.1. The zero-order valence-corrected chi connectivity index (χ0v) is 22.1. The Kier molecular flexibility index (Phi) is 9.74. The largest absolute Gasteiger partial charge is 0.469 e. The lowest BCUT2D eigenvalue weighted by molar-refractivity contribution is -0.139. The fraction of sp³-hybridized carbons (Fsp3) is 0.296. The van der Waals surface area contributed by atoms with Crippen molar-refractivity contribution in [1.82, 2.24) is 5.32 Å². The zero-order valence-electron chi connectivity index (χ0n) is 20.6. The number of methoxy groups -OCH3 is 3. The molecule has 0 amide bonds. The first-order chi connectivity index (χ1) is 17.8. The van der Waals surface area contributed by atoms with Crippen LogP contribution in [0.5, 0.6) is 0 Å². The lowest BCUT2D eigenvalue weighted by Crippen LogP contribution is -2.35. The molecule has 0 radical (unpaired) electrons. The van der Waals surface area contributed by atoms with E-state index in [-0.39, 0.29) is 46.3 Å². The van der Waals surface area contributed by atoms with Crippen molar-refractivity contribution in [2.24, 2.45) is 0 Å². The molecule has 0 aliphatic carbocycles. The summed E-state index contributed by atoms with van der Waals surface area (Å²) in [4.78, 5) is 38.7. The maximum absolute atomic E-state index is 13.2. The van der Waals surface area contributed by atoms with Gasteiger partial charge in [-0.25, -0.2) is 9.59 Å². The van der Waals surface area contributed by atoms with Crippen molar-refractivity contribution in [2.75, 3.05) is 21.3 Å². The van der Waals surface area contributed by atoms with Crippen LogP contribution in [0, 0.1) is 0 Å². The minimum Gasteiger partial charge on any atom is -0.469 e. The monoisotopic (exact) mass is 547 g/mol. The number of aliphatic hydroxyl groups excluding tert-OH is 1. The SMILES string of the molecule is COC(=O)CC1=C(C(=O)OC)C(c2c(Cl)cccc2Cl)C(C(=O)OC)=C(CCc2ccccc2CO)N1. The predicted molar refractivity (Wildman–Crippen MR) is 138 cm³/mol. The molecule has 1 aliphatic rings. The van der Waals surface area contributed by atoms with Crippen LogP contribution < -0.4 is 5.32 Å². The number of rotatable bonds is 9. The van der Waals surface area contributed by atoms with Crippen LogP contribution in [0.1, 0.15) is 35.4 Å². The molecule has 0 bridgehead atoms. The summed E-state index contributed by atoms with van der Waals surface area (Å²) in [6.45, 7) is -0.148. The normalized spacial score (nSPS) is 15.2. The standard InChI is InChI=1S/C27H27Cl2NO7/c1-35-21(32)13-20-24(27(34)37-3)25(22-17(28)9-6-10-18(22)29)23(26(33)36-2)19(30-20)12-11-15-7-4-5-8-16(15)14-31/h4-10,25,30-31H,11-14H2,1-3H3. The molecule has 0 aromatic heterocycles. The summed E-state index contributed by atoms with van der Waals surface area (Å²) in [5, 5.41) is 13.3. The van der Waals surface area contributed by atoms with Crippen LogP contribution in [0.15, 0.2) is 65.0 Å². The Balaban J connectivity index is 2.27. The highest BCUT2D eigenvalue weighted by atomic mass is 35.5. The van der Waals surface area contributed by atoms with Gasteiger partial charge in [-0.05, 0) is 36.1 Å². The number of nitrogens with one attached hydrogen (secondary N) is 1. The number of aryl methyl sites for hydroxylation is 1. The summed E-state index contributed by atoms with van der Waals surface area (Å²) in [7, 11) is 3.65. The lowest BCUT2D eigenvalue weighted by atomic mass is 9.78. The maximum Gasteiger partial charge on any atom is 0.336 e. The molecule has 0 spiro atoms. The Hall–Kier alpha value is -3.33. The molecule has 2 aromatic rings. The van der Waals surface area contributed by atoms with E-state index in [1.54, 1.807) is 18.2 Å². The maximum atomic E-state index is 13.2. The van der Waals surface area contributed by atoms with Crippen molar-refractivity contribution in [2.45, 2.75) is 31.8 Å². The molecule has 1 unspecified atom stereocenters. The Bertz CT molecular complexity index is 1250. The number of carbonyl (C=O) groups is 3. The molecule has 8 nitrogen and oxygen atoms in total. The number of benzene rings is 2. The van der Waals surface area contributed by atoms with Gasteiger partial charge in [-0.2, -0.15) is 0 Å². The van der Waals surface area contributed by atoms with Crippen LogP contribution in [0.2, 0.25) is 10.0 Å². The number of dihydropyridines is 1. The molecule has 1 atom stereocenters. The predicted octanol–water partition coefficient (Wildman–Crippen LogP) is 4.22. The summed E-state index contributed by atoms with van der Waals surface area (Å²) in [5.41, 5.74) is 2.60. The molecule has 2 aromatic carbocycles. The highest BCUT2D eigenvalue weighted by molar-refractivity contribution is 6.36. The second-order valence-corrected chi connectivity index (χ2v) is 8.96. The number of allylic oxidation sites excluding steroid dienone is 1.